The van der Waals surface area contributed by atoms with E-state index in [4.69, 9.17) is 5.26 Å². The Balaban J connectivity index is 2.26. The summed E-state index contributed by atoms with van der Waals surface area (Å²) in [5, 5.41) is 8.80. The minimum absolute atomic E-state index is 0.440. The maximum atomic E-state index is 8.80. The van der Waals surface area contributed by atoms with Gasteiger partial charge < -0.3 is 0 Å². The molecule has 1 aromatic rings. The van der Waals surface area contributed by atoms with Gasteiger partial charge in [-0.05, 0) is 30.4 Å². The summed E-state index contributed by atoms with van der Waals surface area (Å²) in [4.78, 5) is 0. The molecule has 2 rings (SSSR count). The average Bonchev–Trinajstić information content (AvgIpc) is 2.99. The highest BCUT2D eigenvalue weighted by atomic mass is 79.9. The van der Waals surface area contributed by atoms with Crippen LogP contribution < -0.4 is 0 Å². The molecular formula is C12H12BrN. The summed E-state index contributed by atoms with van der Waals surface area (Å²) in [7, 11) is 0. The molecule has 1 atom stereocenters. The van der Waals surface area contributed by atoms with E-state index in [9.17, 15) is 0 Å². The molecule has 1 fully saturated rings. The van der Waals surface area contributed by atoms with Gasteiger partial charge >= 0.3 is 0 Å². The van der Waals surface area contributed by atoms with Gasteiger partial charge in [-0.1, -0.05) is 34.1 Å². The molecule has 1 aliphatic rings. The standard InChI is InChI=1S/C12H12BrN/c13-12-4-2-1-3-11(12)10(7-8-14)9-5-6-9/h1-4,9-10H,5-7H2. The molecule has 1 saturated carbocycles. The Kier molecular flexibility index (Phi) is 2.88. The summed E-state index contributed by atoms with van der Waals surface area (Å²) in [6.45, 7) is 0. The first-order valence-corrected chi connectivity index (χ1v) is 5.73. The number of benzene rings is 1. The maximum absolute atomic E-state index is 8.80. The fourth-order valence-electron chi connectivity index (χ4n) is 1.90. The summed E-state index contributed by atoms with van der Waals surface area (Å²) in [6.07, 6.45) is 3.22. The number of hydrogen-bond donors (Lipinski definition) is 0. The summed E-state index contributed by atoms with van der Waals surface area (Å²) < 4.78 is 1.15. The van der Waals surface area contributed by atoms with E-state index in [2.05, 4.69) is 34.1 Å². The van der Waals surface area contributed by atoms with E-state index >= 15 is 0 Å². The first-order valence-electron chi connectivity index (χ1n) is 4.94. The second-order valence-corrected chi connectivity index (χ2v) is 4.68. The summed E-state index contributed by atoms with van der Waals surface area (Å²) >= 11 is 3.55. The predicted molar refractivity (Wildman–Crippen MR) is 59.8 cm³/mol. The second kappa shape index (κ2) is 4.14. The van der Waals surface area contributed by atoms with Gasteiger partial charge in [0.15, 0.2) is 0 Å². The van der Waals surface area contributed by atoms with Crippen LogP contribution in [0.3, 0.4) is 0 Å². The van der Waals surface area contributed by atoms with Crippen molar-refractivity contribution in [3.8, 4) is 6.07 Å². The van der Waals surface area contributed by atoms with Crippen molar-refractivity contribution in [3.63, 3.8) is 0 Å². The van der Waals surface area contributed by atoms with E-state index in [1.165, 1.54) is 18.4 Å². The summed E-state index contributed by atoms with van der Waals surface area (Å²) in [5.41, 5.74) is 1.30. The third-order valence-electron chi connectivity index (χ3n) is 2.81. The van der Waals surface area contributed by atoms with Crippen LogP contribution in [-0.2, 0) is 0 Å². The van der Waals surface area contributed by atoms with Crippen LogP contribution in [0.1, 0.15) is 30.7 Å². The van der Waals surface area contributed by atoms with Crippen molar-refractivity contribution in [1.29, 1.82) is 5.26 Å². The topological polar surface area (TPSA) is 23.8 Å². The van der Waals surface area contributed by atoms with Gasteiger partial charge in [-0.15, -0.1) is 0 Å². The molecule has 0 bridgehead atoms. The molecule has 0 amide bonds. The lowest BCUT2D eigenvalue weighted by Gasteiger charge is -2.14. The van der Waals surface area contributed by atoms with Crippen LogP contribution in [0.5, 0.6) is 0 Å². The molecule has 1 aromatic carbocycles. The van der Waals surface area contributed by atoms with Gasteiger partial charge in [0.25, 0.3) is 0 Å². The van der Waals surface area contributed by atoms with Gasteiger partial charge in [-0.3, -0.25) is 0 Å². The van der Waals surface area contributed by atoms with E-state index in [1.807, 2.05) is 12.1 Å². The zero-order chi connectivity index (χ0) is 9.97. The Labute approximate surface area is 92.9 Å². The lowest BCUT2D eigenvalue weighted by atomic mass is 9.92. The Morgan fingerprint density at radius 2 is 2.14 bits per heavy atom. The zero-order valence-electron chi connectivity index (χ0n) is 7.91. The quantitative estimate of drug-likeness (QED) is 0.799. The molecule has 0 saturated heterocycles. The highest BCUT2D eigenvalue weighted by molar-refractivity contribution is 9.10. The molecule has 0 aromatic heterocycles. The fourth-order valence-corrected chi connectivity index (χ4v) is 2.48. The SMILES string of the molecule is N#CCC(c1ccccc1Br)C1CC1. The van der Waals surface area contributed by atoms with Gasteiger partial charge in [0, 0.05) is 16.8 Å². The van der Waals surface area contributed by atoms with E-state index in [1.54, 1.807) is 0 Å². The van der Waals surface area contributed by atoms with Crippen molar-refractivity contribution in [2.24, 2.45) is 5.92 Å². The number of nitriles is 1. The van der Waals surface area contributed by atoms with Crippen molar-refractivity contribution in [2.45, 2.75) is 25.2 Å². The summed E-state index contributed by atoms with van der Waals surface area (Å²) in [5.74, 6) is 1.18. The number of halogens is 1. The minimum atomic E-state index is 0.440. The average molecular weight is 250 g/mol. The third kappa shape index (κ3) is 1.99. The normalized spacial score (nSPS) is 17.4. The zero-order valence-corrected chi connectivity index (χ0v) is 9.50. The molecule has 1 aliphatic carbocycles. The highest BCUT2D eigenvalue weighted by Gasteiger charge is 2.32. The van der Waals surface area contributed by atoms with Crippen molar-refractivity contribution in [1.82, 2.24) is 0 Å². The Bertz CT molecular complexity index is 363. The van der Waals surface area contributed by atoms with Gasteiger partial charge in [0.05, 0.1) is 6.07 Å². The molecule has 2 heteroatoms. The molecule has 1 unspecified atom stereocenters. The van der Waals surface area contributed by atoms with Crippen LogP contribution in [0.15, 0.2) is 28.7 Å². The lowest BCUT2D eigenvalue weighted by Crippen LogP contribution is -2.01. The Morgan fingerprint density at radius 3 is 2.71 bits per heavy atom. The molecule has 0 heterocycles. The van der Waals surface area contributed by atoms with E-state index in [-0.39, 0.29) is 0 Å². The van der Waals surface area contributed by atoms with Crippen LogP contribution in [0.2, 0.25) is 0 Å². The van der Waals surface area contributed by atoms with Crippen molar-refractivity contribution >= 4 is 15.9 Å². The second-order valence-electron chi connectivity index (χ2n) is 3.83. The van der Waals surface area contributed by atoms with E-state index in [0.29, 0.717) is 12.3 Å². The van der Waals surface area contributed by atoms with Crippen molar-refractivity contribution in [2.75, 3.05) is 0 Å². The number of rotatable bonds is 3. The van der Waals surface area contributed by atoms with Crippen LogP contribution in [0.25, 0.3) is 0 Å². The van der Waals surface area contributed by atoms with E-state index in [0.717, 1.165) is 10.4 Å². The Hall–Kier alpha value is -0.810. The molecule has 0 spiro atoms. The first-order chi connectivity index (χ1) is 6.83. The smallest absolute Gasteiger partial charge is 0.0628 e. The molecule has 0 N–H and O–H groups in total. The van der Waals surface area contributed by atoms with Crippen LogP contribution in [0, 0.1) is 17.2 Å². The highest BCUT2D eigenvalue weighted by Crippen LogP contribution is 2.45. The third-order valence-corrected chi connectivity index (χ3v) is 3.53. The van der Waals surface area contributed by atoms with Crippen LogP contribution >= 0.6 is 15.9 Å². The first kappa shape index (κ1) is 9.73. The van der Waals surface area contributed by atoms with Gasteiger partial charge in [0.2, 0.25) is 0 Å². The number of nitrogens with zero attached hydrogens (tertiary/aromatic N) is 1. The lowest BCUT2D eigenvalue weighted by molar-refractivity contribution is 0.616. The van der Waals surface area contributed by atoms with Gasteiger partial charge in [0.1, 0.15) is 0 Å². The largest absolute Gasteiger partial charge is 0.198 e. The molecule has 1 nitrogen and oxygen atoms in total. The monoisotopic (exact) mass is 249 g/mol. The molecule has 0 radical (unpaired) electrons. The minimum Gasteiger partial charge on any atom is -0.198 e. The molecule has 14 heavy (non-hydrogen) atoms. The molecule has 0 aliphatic heterocycles. The Morgan fingerprint density at radius 1 is 1.43 bits per heavy atom. The maximum Gasteiger partial charge on any atom is 0.0628 e. The van der Waals surface area contributed by atoms with Gasteiger partial charge in [-0.25, -0.2) is 0 Å². The van der Waals surface area contributed by atoms with Crippen LogP contribution in [0.4, 0.5) is 0 Å². The van der Waals surface area contributed by atoms with Crippen LogP contribution in [-0.4, -0.2) is 0 Å². The molecular weight excluding hydrogens is 238 g/mol. The van der Waals surface area contributed by atoms with E-state index < -0.39 is 0 Å². The van der Waals surface area contributed by atoms with Crippen molar-refractivity contribution in [3.05, 3.63) is 34.3 Å². The fraction of sp³-hybridized carbons (Fsp3) is 0.417. The van der Waals surface area contributed by atoms with Gasteiger partial charge in [-0.2, -0.15) is 5.26 Å². The number of hydrogen-bond acceptors (Lipinski definition) is 1. The predicted octanol–water partition coefficient (Wildman–Crippen LogP) is 3.86. The molecule has 72 valence electrons. The summed E-state index contributed by atoms with van der Waals surface area (Å²) in [6, 6.07) is 10.5. The van der Waals surface area contributed by atoms with Crippen molar-refractivity contribution < 1.29 is 0 Å².